The molecule has 1 N–H and O–H groups in total. The Labute approximate surface area is 111 Å². The highest BCUT2D eigenvalue weighted by atomic mass is 32.1. The summed E-state index contributed by atoms with van der Waals surface area (Å²) in [6.45, 7) is 5.89. The van der Waals surface area contributed by atoms with Crippen molar-refractivity contribution in [2.24, 2.45) is 0 Å². The van der Waals surface area contributed by atoms with Crippen LogP contribution in [-0.2, 0) is 13.1 Å². The summed E-state index contributed by atoms with van der Waals surface area (Å²) in [5.74, 6) is 0. The number of hydrogen-bond donors (Lipinski definition) is 1. The minimum absolute atomic E-state index is 0.744. The van der Waals surface area contributed by atoms with Crippen LogP contribution in [0.15, 0.2) is 11.6 Å². The van der Waals surface area contributed by atoms with Crippen molar-refractivity contribution in [1.29, 1.82) is 0 Å². The van der Waals surface area contributed by atoms with Gasteiger partial charge in [0.1, 0.15) is 0 Å². The number of aryl methyl sites for hydroxylation is 1. The lowest BCUT2D eigenvalue weighted by molar-refractivity contribution is 0.646. The fourth-order valence-corrected chi connectivity index (χ4v) is 2.60. The molecule has 0 spiro atoms. The minimum Gasteiger partial charge on any atom is -0.310 e. The molecule has 0 bridgehead atoms. The van der Waals surface area contributed by atoms with Crippen LogP contribution in [0.2, 0.25) is 0 Å². The molecule has 0 radical (unpaired) electrons. The third-order valence-corrected chi connectivity index (χ3v) is 4.16. The lowest BCUT2D eigenvalue weighted by atomic mass is 10.2. The van der Waals surface area contributed by atoms with E-state index in [0.29, 0.717) is 0 Å². The molecule has 3 rings (SSSR count). The second-order valence-electron chi connectivity index (χ2n) is 4.93. The molecule has 0 saturated heterocycles. The van der Waals surface area contributed by atoms with Gasteiger partial charge >= 0.3 is 0 Å². The Morgan fingerprint density at radius 1 is 1.44 bits per heavy atom. The quantitative estimate of drug-likeness (QED) is 0.898. The van der Waals surface area contributed by atoms with Crippen LogP contribution < -0.4 is 5.32 Å². The van der Waals surface area contributed by atoms with Crippen molar-refractivity contribution in [3.05, 3.63) is 33.5 Å². The fraction of sp³-hybridized carbons (Fsp3) is 0.538. The predicted octanol–water partition coefficient (Wildman–Crippen LogP) is 2.26. The van der Waals surface area contributed by atoms with Gasteiger partial charge in [-0.15, -0.1) is 11.3 Å². The van der Waals surface area contributed by atoms with Gasteiger partial charge in [0.15, 0.2) is 0 Å². The van der Waals surface area contributed by atoms with Crippen molar-refractivity contribution >= 4 is 11.3 Å². The molecule has 1 saturated carbocycles. The molecular formula is C13H18N4S. The van der Waals surface area contributed by atoms with Crippen molar-refractivity contribution < 1.29 is 0 Å². The van der Waals surface area contributed by atoms with Crippen LogP contribution in [0.5, 0.6) is 0 Å². The first-order chi connectivity index (χ1) is 8.72. The van der Waals surface area contributed by atoms with E-state index in [4.69, 9.17) is 0 Å². The molecule has 0 unspecified atom stereocenters. The van der Waals surface area contributed by atoms with Gasteiger partial charge in [0.2, 0.25) is 0 Å². The molecule has 2 aromatic rings. The van der Waals surface area contributed by atoms with E-state index < -0.39 is 0 Å². The van der Waals surface area contributed by atoms with Crippen LogP contribution in [0.3, 0.4) is 0 Å². The molecule has 18 heavy (non-hydrogen) atoms. The molecule has 2 heterocycles. The molecule has 0 amide bonds. The summed E-state index contributed by atoms with van der Waals surface area (Å²) in [6.07, 6.45) is 4.63. The van der Waals surface area contributed by atoms with E-state index >= 15 is 0 Å². The van der Waals surface area contributed by atoms with E-state index in [1.807, 2.05) is 17.8 Å². The number of thiazole rings is 1. The Balaban J connectivity index is 1.68. The van der Waals surface area contributed by atoms with E-state index in [-0.39, 0.29) is 0 Å². The van der Waals surface area contributed by atoms with Crippen LogP contribution in [0.4, 0.5) is 0 Å². The zero-order chi connectivity index (χ0) is 12.5. The number of nitrogens with one attached hydrogen (secondary N) is 1. The monoisotopic (exact) mass is 262 g/mol. The predicted molar refractivity (Wildman–Crippen MR) is 72.8 cm³/mol. The maximum atomic E-state index is 4.48. The Morgan fingerprint density at radius 2 is 2.28 bits per heavy atom. The zero-order valence-electron chi connectivity index (χ0n) is 10.8. The number of rotatable bonds is 5. The summed E-state index contributed by atoms with van der Waals surface area (Å²) < 4.78 is 2.04. The normalized spacial score (nSPS) is 15.2. The SMILES string of the molecule is Cc1nc(Cn2ncc(CNC3CC3)c2C)cs1. The van der Waals surface area contributed by atoms with Gasteiger partial charge in [0.05, 0.1) is 23.4 Å². The summed E-state index contributed by atoms with van der Waals surface area (Å²) in [6, 6.07) is 0.744. The molecular weight excluding hydrogens is 244 g/mol. The van der Waals surface area contributed by atoms with Gasteiger partial charge in [-0.2, -0.15) is 5.10 Å². The molecule has 2 aromatic heterocycles. The fourth-order valence-electron chi connectivity index (χ4n) is 1.99. The van der Waals surface area contributed by atoms with Gasteiger partial charge in [-0.25, -0.2) is 4.98 Å². The molecule has 0 atom stereocenters. The van der Waals surface area contributed by atoms with Gasteiger partial charge in [0, 0.05) is 29.2 Å². The van der Waals surface area contributed by atoms with Gasteiger partial charge in [-0.05, 0) is 26.7 Å². The average molecular weight is 262 g/mol. The third-order valence-electron chi connectivity index (χ3n) is 3.34. The summed E-state index contributed by atoms with van der Waals surface area (Å²) in [4.78, 5) is 4.48. The highest BCUT2D eigenvalue weighted by Gasteiger charge is 2.20. The van der Waals surface area contributed by atoms with Gasteiger partial charge < -0.3 is 5.32 Å². The van der Waals surface area contributed by atoms with Crippen LogP contribution >= 0.6 is 11.3 Å². The maximum absolute atomic E-state index is 4.48. The van der Waals surface area contributed by atoms with Crippen molar-refractivity contribution in [2.45, 2.75) is 45.8 Å². The first kappa shape index (κ1) is 11.9. The number of aromatic nitrogens is 3. The van der Waals surface area contributed by atoms with E-state index in [1.165, 1.54) is 24.1 Å². The topological polar surface area (TPSA) is 42.7 Å². The highest BCUT2D eigenvalue weighted by molar-refractivity contribution is 7.09. The summed E-state index contributed by atoms with van der Waals surface area (Å²) >= 11 is 1.69. The van der Waals surface area contributed by atoms with Crippen LogP contribution in [-0.4, -0.2) is 20.8 Å². The van der Waals surface area contributed by atoms with Crippen LogP contribution in [0.25, 0.3) is 0 Å². The van der Waals surface area contributed by atoms with Gasteiger partial charge in [-0.1, -0.05) is 0 Å². The molecule has 96 valence electrons. The van der Waals surface area contributed by atoms with Crippen molar-refractivity contribution in [1.82, 2.24) is 20.1 Å². The standard InChI is InChI=1S/C13H18N4S/c1-9-11(5-14-12-3-4-12)6-15-17(9)7-13-8-18-10(2)16-13/h6,8,12,14H,3-5,7H2,1-2H3. The Hall–Kier alpha value is -1.20. The van der Waals surface area contributed by atoms with E-state index in [2.05, 4.69) is 27.7 Å². The maximum Gasteiger partial charge on any atom is 0.0898 e. The van der Waals surface area contributed by atoms with Crippen LogP contribution in [0.1, 0.15) is 34.8 Å². The lowest BCUT2D eigenvalue weighted by Crippen LogP contribution is -2.16. The van der Waals surface area contributed by atoms with Crippen LogP contribution in [0, 0.1) is 13.8 Å². The van der Waals surface area contributed by atoms with E-state index in [1.54, 1.807) is 11.3 Å². The number of nitrogens with zero attached hydrogens (tertiary/aromatic N) is 3. The minimum atomic E-state index is 0.744. The third kappa shape index (κ3) is 2.62. The summed E-state index contributed by atoms with van der Waals surface area (Å²) in [5, 5.41) is 11.2. The molecule has 5 heteroatoms. The molecule has 1 aliphatic rings. The first-order valence-electron chi connectivity index (χ1n) is 6.38. The molecule has 0 aliphatic heterocycles. The largest absolute Gasteiger partial charge is 0.310 e. The summed E-state index contributed by atoms with van der Waals surface area (Å²) in [5.41, 5.74) is 3.65. The zero-order valence-corrected chi connectivity index (χ0v) is 11.6. The van der Waals surface area contributed by atoms with Crippen molar-refractivity contribution in [2.75, 3.05) is 0 Å². The van der Waals surface area contributed by atoms with E-state index in [0.717, 1.165) is 29.8 Å². The highest BCUT2D eigenvalue weighted by Crippen LogP contribution is 2.20. The Kier molecular flexibility index (Phi) is 3.18. The second kappa shape index (κ2) is 4.82. The molecule has 1 aliphatic carbocycles. The van der Waals surface area contributed by atoms with Crippen molar-refractivity contribution in [3.8, 4) is 0 Å². The van der Waals surface area contributed by atoms with Gasteiger partial charge in [-0.3, -0.25) is 4.68 Å². The van der Waals surface area contributed by atoms with E-state index in [9.17, 15) is 0 Å². The lowest BCUT2D eigenvalue weighted by Gasteiger charge is -2.04. The average Bonchev–Trinajstić information content (AvgIpc) is 3.01. The summed E-state index contributed by atoms with van der Waals surface area (Å²) in [7, 11) is 0. The smallest absolute Gasteiger partial charge is 0.0898 e. The molecule has 1 fully saturated rings. The Morgan fingerprint density at radius 3 is 2.94 bits per heavy atom. The first-order valence-corrected chi connectivity index (χ1v) is 7.26. The molecule has 0 aromatic carbocycles. The second-order valence-corrected chi connectivity index (χ2v) is 5.99. The van der Waals surface area contributed by atoms with Crippen molar-refractivity contribution in [3.63, 3.8) is 0 Å². The molecule has 4 nitrogen and oxygen atoms in total. The number of hydrogen-bond acceptors (Lipinski definition) is 4. The Bertz CT molecular complexity index is 539. The van der Waals surface area contributed by atoms with Gasteiger partial charge in [0.25, 0.3) is 0 Å².